The van der Waals surface area contributed by atoms with Gasteiger partial charge in [-0.1, -0.05) is 6.92 Å². The molecule has 0 bridgehead atoms. The third-order valence-electron chi connectivity index (χ3n) is 5.77. The molecule has 2 aliphatic heterocycles. The van der Waals surface area contributed by atoms with Crippen molar-refractivity contribution in [2.45, 2.75) is 32.7 Å². The van der Waals surface area contributed by atoms with Crippen molar-refractivity contribution in [3.8, 4) is 11.3 Å². The first-order valence-electron chi connectivity index (χ1n) is 10.1. The molecule has 0 amide bonds. The third kappa shape index (κ3) is 4.30. The molecular weight excluding hydrogens is 340 g/mol. The maximum absolute atomic E-state index is 5.45. The molecule has 7 heteroatoms. The lowest BCUT2D eigenvalue weighted by Crippen LogP contribution is -2.39. The summed E-state index contributed by atoms with van der Waals surface area (Å²) in [6.45, 7) is 11.3. The summed E-state index contributed by atoms with van der Waals surface area (Å²) in [5.74, 6) is 1.65. The molecule has 0 radical (unpaired) electrons. The lowest BCUT2D eigenvalue weighted by Gasteiger charge is -2.30. The Bertz CT molecular complexity index is 716. The molecule has 7 nitrogen and oxygen atoms in total. The highest BCUT2D eigenvalue weighted by molar-refractivity contribution is 5.57. The highest BCUT2D eigenvalue weighted by atomic mass is 16.5. The SMILES string of the molecule is CC1CCN(c2ncc(-c3cncn3C(C)CN3CCOCC3)cn2)CC1. The topological polar surface area (TPSA) is 59.3 Å². The zero-order valence-electron chi connectivity index (χ0n) is 16.4. The van der Waals surface area contributed by atoms with Crippen LogP contribution in [0.1, 0.15) is 32.7 Å². The Kier molecular flexibility index (Phi) is 5.69. The van der Waals surface area contributed by atoms with Gasteiger partial charge < -0.3 is 14.2 Å². The zero-order chi connectivity index (χ0) is 18.6. The fourth-order valence-corrected chi connectivity index (χ4v) is 3.95. The summed E-state index contributed by atoms with van der Waals surface area (Å²) < 4.78 is 7.68. The second-order valence-electron chi connectivity index (χ2n) is 7.89. The van der Waals surface area contributed by atoms with E-state index in [9.17, 15) is 0 Å². The van der Waals surface area contributed by atoms with Gasteiger partial charge in [0.05, 0.1) is 31.4 Å². The fraction of sp³-hybridized carbons (Fsp3) is 0.650. The summed E-state index contributed by atoms with van der Waals surface area (Å²) in [4.78, 5) is 18.4. The van der Waals surface area contributed by atoms with E-state index in [1.165, 1.54) is 12.8 Å². The summed E-state index contributed by atoms with van der Waals surface area (Å²) in [7, 11) is 0. The van der Waals surface area contributed by atoms with Crippen molar-refractivity contribution >= 4 is 5.95 Å². The van der Waals surface area contributed by atoms with Crippen LogP contribution in [0.3, 0.4) is 0 Å². The molecule has 2 aliphatic rings. The highest BCUT2D eigenvalue weighted by Gasteiger charge is 2.20. The molecule has 27 heavy (non-hydrogen) atoms. The van der Waals surface area contributed by atoms with E-state index in [1.807, 2.05) is 24.9 Å². The molecular formula is C20H30N6O. The minimum absolute atomic E-state index is 0.337. The van der Waals surface area contributed by atoms with Crippen LogP contribution in [0, 0.1) is 5.92 Å². The van der Waals surface area contributed by atoms with Gasteiger partial charge in [0, 0.05) is 56.7 Å². The quantitative estimate of drug-likeness (QED) is 0.806. The third-order valence-corrected chi connectivity index (χ3v) is 5.77. The van der Waals surface area contributed by atoms with Crippen LogP contribution in [0.25, 0.3) is 11.3 Å². The Morgan fingerprint density at radius 3 is 2.48 bits per heavy atom. The van der Waals surface area contributed by atoms with Gasteiger partial charge in [-0.2, -0.15) is 0 Å². The molecule has 0 aromatic carbocycles. The molecule has 0 spiro atoms. The number of morpholine rings is 1. The molecule has 1 unspecified atom stereocenters. The normalized spacial score (nSPS) is 20.7. The van der Waals surface area contributed by atoms with Crippen LogP contribution < -0.4 is 4.90 Å². The molecule has 0 saturated carbocycles. The predicted molar refractivity (Wildman–Crippen MR) is 106 cm³/mol. The van der Waals surface area contributed by atoms with Crippen LogP contribution in [0.5, 0.6) is 0 Å². The summed E-state index contributed by atoms with van der Waals surface area (Å²) in [6, 6.07) is 0.337. The van der Waals surface area contributed by atoms with Crippen LogP contribution in [-0.2, 0) is 4.74 Å². The fourth-order valence-electron chi connectivity index (χ4n) is 3.95. The van der Waals surface area contributed by atoms with Crippen molar-refractivity contribution in [2.75, 3.05) is 50.8 Å². The molecule has 146 valence electrons. The second-order valence-corrected chi connectivity index (χ2v) is 7.89. The Morgan fingerprint density at radius 1 is 1.07 bits per heavy atom. The Morgan fingerprint density at radius 2 is 1.78 bits per heavy atom. The standard InChI is InChI=1S/C20H30N6O/c1-16-3-5-25(6-4-16)20-22-11-18(12-23-20)19-13-21-15-26(19)17(2)14-24-7-9-27-10-8-24/h11-13,15-17H,3-10,14H2,1-2H3. The van der Waals surface area contributed by atoms with Gasteiger partial charge >= 0.3 is 0 Å². The van der Waals surface area contributed by atoms with E-state index in [-0.39, 0.29) is 0 Å². The summed E-state index contributed by atoms with van der Waals surface area (Å²) >= 11 is 0. The minimum atomic E-state index is 0.337. The van der Waals surface area contributed by atoms with Gasteiger partial charge in [0.1, 0.15) is 0 Å². The predicted octanol–water partition coefficient (Wildman–Crippen LogP) is 2.47. The minimum Gasteiger partial charge on any atom is -0.379 e. The number of anilines is 1. The van der Waals surface area contributed by atoms with E-state index in [4.69, 9.17) is 4.74 Å². The van der Waals surface area contributed by atoms with Crippen molar-refractivity contribution < 1.29 is 4.74 Å². The molecule has 4 heterocycles. The lowest BCUT2D eigenvalue weighted by atomic mass is 10.00. The molecule has 1 atom stereocenters. The van der Waals surface area contributed by atoms with Gasteiger partial charge in [0.15, 0.2) is 0 Å². The van der Waals surface area contributed by atoms with Crippen LogP contribution >= 0.6 is 0 Å². The van der Waals surface area contributed by atoms with Gasteiger partial charge in [-0.3, -0.25) is 4.90 Å². The first kappa shape index (κ1) is 18.4. The second kappa shape index (κ2) is 8.35. The lowest BCUT2D eigenvalue weighted by molar-refractivity contribution is 0.0326. The van der Waals surface area contributed by atoms with Crippen LogP contribution in [0.2, 0.25) is 0 Å². The Balaban J connectivity index is 1.45. The maximum atomic E-state index is 5.45. The monoisotopic (exact) mass is 370 g/mol. The number of hydrogen-bond acceptors (Lipinski definition) is 6. The number of rotatable bonds is 5. The van der Waals surface area contributed by atoms with Crippen LogP contribution in [0.4, 0.5) is 5.95 Å². The number of ether oxygens (including phenoxy) is 1. The van der Waals surface area contributed by atoms with Crippen LogP contribution in [0.15, 0.2) is 24.9 Å². The van der Waals surface area contributed by atoms with Gasteiger partial charge in [0.2, 0.25) is 5.95 Å². The Hall–Kier alpha value is -1.99. The van der Waals surface area contributed by atoms with Crippen LogP contribution in [-0.4, -0.2) is 70.4 Å². The van der Waals surface area contributed by atoms with Gasteiger partial charge in [-0.15, -0.1) is 0 Å². The summed E-state index contributed by atoms with van der Waals surface area (Å²) in [5, 5.41) is 0. The molecule has 4 rings (SSSR count). The van der Waals surface area contributed by atoms with Crippen molar-refractivity contribution in [2.24, 2.45) is 5.92 Å². The molecule has 2 fully saturated rings. The van der Waals surface area contributed by atoms with E-state index in [1.54, 1.807) is 0 Å². The summed E-state index contributed by atoms with van der Waals surface area (Å²) in [5.41, 5.74) is 2.10. The number of aromatic nitrogens is 4. The van der Waals surface area contributed by atoms with Gasteiger partial charge in [-0.05, 0) is 25.7 Å². The average Bonchev–Trinajstić information content (AvgIpc) is 3.20. The largest absolute Gasteiger partial charge is 0.379 e. The van der Waals surface area contributed by atoms with Crippen molar-refractivity contribution in [1.82, 2.24) is 24.4 Å². The molecule has 0 N–H and O–H groups in total. The highest BCUT2D eigenvalue weighted by Crippen LogP contribution is 2.24. The Labute approximate surface area is 161 Å². The van der Waals surface area contributed by atoms with E-state index < -0.39 is 0 Å². The molecule has 0 aliphatic carbocycles. The van der Waals surface area contributed by atoms with Crippen molar-refractivity contribution in [1.29, 1.82) is 0 Å². The molecule has 2 aromatic heterocycles. The maximum Gasteiger partial charge on any atom is 0.225 e. The van der Waals surface area contributed by atoms with Gasteiger partial charge in [-0.25, -0.2) is 15.0 Å². The summed E-state index contributed by atoms with van der Waals surface area (Å²) in [6.07, 6.45) is 10.1. The molecule has 2 aromatic rings. The smallest absolute Gasteiger partial charge is 0.225 e. The first-order valence-corrected chi connectivity index (χ1v) is 10.1. The van der Waals surface area contributed by atoms with E-state index >= 15 is 0 Å². The van der Waals surface area contributed by atoms with Crippen molar-refractivity contribution in [3.05, 3.63) is 24.9 Å². The number of hydrogen-bond donors (Lipinski definition) is 0. The van der Waals surface area contributed by atoms with Gasteiger partial charge in [0.25, 0.3) is 0 Å². The van der Waals surface area contributed by atoms with E-state index in [0.29, 0.717) is 6.04 Å². The first-order chi connectivity index (χ1) is 13.2. The molecule has 2 saturated heterocycles. The van der Waals surface area contributed by atoms with E-state index in [2.05, 4.69) is 43.2 Å². The number of piperidine rings is 1. The van der Waals surface area contributed by atoms with Crippen molar-refractivity contribution in [3.63, 3.8) is 0 Å². The zero-order valence-corrected chi connectivity index (χ0v) is 16.4. The average molecular weight is 371 g/mol. The van der Waals surface area contributed by atoms with E-state index in [0.717, 1.165) is 69.1 Å². The number of nitrogens with zero attached hydrogens (tertiary/aromatic N) is 6. The number of imidazole rings is 1.